The van der Waals surface area contributed by atoms with Crippen LogP contribution in [0.15, 0.2) is 72.8 Å². The first-order valence-electron chi connectivity index (χ1n) is 10.4. The highest BCUT2D eigenvalue weighted by Gasteiger charge is 2.09. The Bertz CT molecular complexity index is 1390. The first-order valence-corrected chi connectivity index (χ1v) is 12.0. The van der Waals surface area contributed by atoms with Crippen LogP contribution in [-0.4, -0.2) is 9.97 Å². The second-order valence-electron chi connectivity index (χ2n) is 7.69. The minimum absolute atomic E-state index is 1.04. The lowest BCUT2D eigenvalue weighted by atomic mass is 10.1. The molecule has 0 unspecified atom stereocenters. The molecule has 6 aromatic rings. The third kappa shape index (κ3) is 3.17. The molecule has 146 valence electrons. The minimum Gasteiger partial charge on any atom is -0.241 e. The van der Waals surface area contributed by atoms with Gasteiger partial charge in [0.2, 0.25) is 0 Å². The van der Waals surface area contributed by atoms with Gasteiger partial charge in [-0.15, -0.1) is 22.7 Å². The van der Waals surface area contributed by atoms with E-state index < -0.39 is 0 Å². The van der Waals surface area contributed by atoms with Crippen LogP contribution in [0.3, 0.4) is 0 Å². The molecule has 0 aliphatic heterocycles. The molecule has 2 nitrogen and oxygen atoms in total. The highest BCUT2D eigenvalue weighted by Crippen LogP contribution is 2.32. The number of hydrogen-bond acceptors (Lipinski definition) is 4. The second-order valence-corrected chi connectivity index (χ2v) is 9.89. The van der Waals surface area contributed by atoms with Crippen LogP contribution in [0, 0.1) is 0 Å². The van der Waals surface area contributed by atoms with Crippen molar-refractivity contribution in [3.05, 3.63) is 82.8 Å². The molecule has 30 heavy (non-hydrogen) atoms. The molecule has 6 rings (SSSR count). The number of rotatable bonds is 5. The van der Waals surface area contributed by atoms with Gasteiger partial charge in [-0.25, -0.2) is 9.97 Å². The van der Waals surface area contributed by atoms with Gasteiger partial charge in [0, 0.05) is 10.8 Å². The maximum atomic E-state index is 4.96. The highest BCUT2D eigenvalue weighted by molar-refractivity contribution is 7.19. The first-order chi connectivity index (χ1) is 14.8. The Morgan fingerprint density at radius 1 is 0.600 bits per heavy atom. The largest absolute Gasteiger partial charge is 0.241 e. The summed E-state index contributed by atoms with van der Waals surface area (Å²) in [5.74, 6) is 0. The first kappa shape index (κ1) is 18.0. The fourth-order valence-corrected chi connectivity index (χ4v) is 6.34. The molecular formula is C26H20N2S2. The second kappa shape index (κ2) is 7.46. The van der Waals surface area contributed by atoms with Gasteiger partial charge < -0.3 is 0 Å². The van der Waals surface area contributed by atoms with Crippen molar-refractivity contribution in [2.45, 2.75) is 25.7 Å². The fourth-order valence-electron chi connectivity index (χ4n) is 4.18. The van der Waals surface area contributed by atoms with E-state index in [0.717, 1.165) is 36.7 Å². The molecule has 2 aromatic heterocycles. The third-order valence-corrected chi connectivity index (χ3v) is 7.93. The van der Waals surface area contributed by atoms with Gasteiger partial charge in [-0.2, -0.15) is 0 Å². The zero-order valence-corrected chi connectivity index (χ0v) is 18.1. The number of nitrogens with zero attached hydrogens (tertiary/aromatic N) is 2. The van der Waals surface area contributed by atoms with Crippen molar-refractivity contribution in [3.63, 3.8) is 0 Å². The summed E-state index contributed by atoms with van der Waals surface area (Å²) in [6.07, 6.45) is 4.38. The average molecular weight is 425 g/mol. The van der Waals surface area contributed by atoms with Crippen molar-refractivity contribution >= 4 is 64.7 Å². The third-order valence-electron chi connectivity index (χ3n) is 5.68. The van der Waals surface area contributed by atoms with Gasteiger partial charge in [0.05, 0.1) is 30.4 Å². The smallest absolute Gasteiger partial charge is 0.0938 e. The van der Waals surface area contributed by atoms with E-state index in [1.165, 1.54) is 41.0 Å². The molecule has 0 spiro atoms. The Balaban J connectivity index is 1.17. The Labute approximate surface area is 182 Å². The van der Waals surface area contributed by atoms with Crippen molar-refractivity contribution in [1.29, 1.82) is 0 Å². The van der Waals surface area contributed by atoms with Crippen molar-refractivity contribution < 1.29 is 0 Å². The number of thiazole rings is 2. The molecule has 0 N–H and O–H groups in total. The lowest BCUT2D eigenvalue weighted by Gasteiger charge is -1.97. The Morgan fingerprint density at radius 2 is 1.27 bits per heavy atom. The van der Waals surface area contributed by atoms with Gasteiger partial charge >= 0.3 is 0 Å². The molecule has 0 bridgehead atoms. The van der Waals surface area contributed by atoms with E-state index >= 15 is 0 Å². The van der Waals surface area contributed by atoms with Crippen LogP contribution in [0.1, 0.15) is 22.9 Å². The van der Waals surface area contributed by atoms with Gasteiger partial charge in [0.1, 0.15) is 0 Å². The normalized spacial score (nSPS) is 11.9. The molecular weight excluding hydrogens is 404 g/mol. The summed E-state index contributed by atoms with van der Waals surface area (Å²) in [7, 11) is 0. The number of aromatic nitrogens is 2. The summed E-state index contributed by atoms with van der Waals surface area (Å²) >= 11 is 3.69. The molecule has 4 aromatic carbocycles. The summed E-state index contributed by atoms with van der Waals surface area (Å²) in [5.41, 5.74) is 2.29. The van der Waals surface area contributed by atoms with Crippen LogP contribution in [0.25, 0.3) is 42.0 Å². The van der Waals surface area contributed by atoms with Gasteiger partial charge in [-0.05, 0) is 48.6 Å². The van der Waals surface area contributed by atoms with Crippen molar-refractivity contribution in [2.75, 3.05) is 0 Å². The molecule has 0 radical (unpaired) electrons. The molecule has 0 saturated carbocycles. The fraction of sp³-hybridized carbons (Fsp3) is 0.154. The maximum absolute atomic E-state index is 4.96. The highest BCUT2D eigenvalue weighted by atomic mass is 32.1. The quantitative estimate of drug-likeness (QED) is 0.264. The Kier molecular flexibility index (Phi) is 4.47. The number of unbranched alkanes of at least 4 members (excludes halogenated alkanes) is 1. The molecule has 4 heteroatoms. The maximum Gasteiger partial charge on any atom is 0.0938 e. The molecule has 2 heterocycles. The summed E-state index contributed by atoms with van der Waals surface area (Å²) < 4.78 is 2.61. The van der Waals surface area contributed by atoms with Crippen LogP contribution < -0.4 is 0 Å². The van der Waals surface area contributed by atoms with Gasteiger partial charge in [0.15, 0.2) is 0 Å². The van der Waals surface area contributed by atoms with Gasteiger partial charge in [-0.1, -0.05) is 60.7 Å². The summed E-state index contributed by atoms with van der Waals surface area (Å²) in [5, 5.41) is 7.64. The number of hydrogen-bond donors (Lipinski definition) is 0. The van der Waals surface area contributed by atoms with Gasteiger partial charge in [-0.3, -0.25) is 0 Å². The molecule has 0 aliphatic rings. The van der Waals surface area contributed by atoms with Crippen molar-refractivity contribution in [2.24, 2.45) is 0 Å². The standard InChI is InChI=1S/C26H20N2S2/c1-3-9-19-17(7-1)14-16-22-25(19)28-24(29-22)12-6-5-11-23-27-21-15-13-18-8-2-4-10-20(18)26(21)30-23/h1-4,7-10,13-16H,5-6,11-12H2. The number of aryl methyl sites for hydroxylation is 2. The van der Waals surface area contributed by atoms with Crippen molar-refractivity contribution in [3.8, 4) is 0 Å². The lowest BCUT2D eigenvalue weighted by molar-refractivity contribution is 0.730. The predicted molar refractivity (Wildman–Crippen MR) is 131 cm³/mol. The predicted octanol–water partition coefficient (Wildman–Crippen LogP) is 7.78. The Morgan fingerprint density at radius 3 is 2.10 bits per heavy atom. The van der Waals surface area contributed by atoms with Crippen LogP contribution in [0.5, 0.6) is 0 Å². The van der Waals surface area contributed by atoms with E-state index in [2.05, 4.69) is 72.8 Å². The van der Waals surface area contributed by atoms with E-state index in [-0.39, 0.29) is 0 Å². The van der Waals surface area contributed by atoms with E-state index in [4.69, 9.17) is 9.97 Å². The summed E-state index contributed by atoms with van der Waals surface area (Å²) in [6.45, 7) is 0. The van der Waals surface area contributed by atoms with Crippen LogP contribution in [0.2, 0.25) is 0 Å². The molecule has 0 saturated heterocycles. The number of benzene rings is 4. The topological polar surface area (TPSA) is 25.8 Å². The zero-order valence-electron chi connectivity index (χ0n) is 16.5. The Hall–Kier alpha value is -2.82. The van der Waals surface area contributed by atoms with Gasteiger partial charge in [0.25, 0.3) is 0 Å². The minimum atomic E-state index is 1.04. The number of fused-ring (bicyclic) bond motifs is 6. The average Bonchev–Trinajstić information content (AvgIpc) is 3.40. The van der Waals surface area contributed by atoms with Crippen molar-refractivity contribution in [1.82, 2.24) is 9.97 Å². The van der Waals surface area contributed by atoms with Crippen LogP contribution in [0.4, 0.5) is 0 Å². The monoisotopic (exact) mass is 424 g/mol. The van der Waals surface area contributed by atoms with E-state index in [9.17, 15) is 0 Å². The zero-order chi connectivity index (χ0) is 19.9. The SMILES string of the molecule is c1ccc2c(c1)ccc1sc(CCCCc3nc4ccc5ccccc5c4s3)nc12. The van der Waals surface area contributed by atoms with E-state index in [0.29, 0.717) is 0 Å². The lowest BCUT2D eigenvalue weighted by Crippen LogP contribution is -1.88. The molecule has 0 fully saturated rings. The van der Waals surface area contributed by atoms with Crippen LogP contribution >= 0.6 is 22.7 Å². The van der Waals surface area contributed by atoms with E-state index in [1.807, 2.05) is 22.7 Å². The van der Waals surface area contributed by atoms with Crippen LogP contribution in [-0.2, 0) is 12.8 Å². The molecule has 0 aliphatic carbocycles. The van der Waals surface area contributed by atoms with E-state index in [1.54, 1.807) is 0 Å². The summed E-state index contributed by atoms with van der Waals surface area (Å²) in [6, 6.07) is 25.9. The molecule has 0 atom stereocenters. The summed E-state index contributed by atoms with van der Waals surface area (Å²) in [4.78, 5) is 9.84. The molecule has 0 amide bonds.